The molecule has 0 aromatic heterocycles. The normalized spacial score (nSPS) is 31.2. The van der Waals surface area contributed by atoms with Crippen LogP contribution >= 0.6 is 11.6 Å². The molecule has 0 heterocycles. The second-order valence-corrected chi connectivity index (χ2v) is 6.26. The highest BCUT2D eigenvalue weighted by molar-refractivity contribution is 6.30. The minimum Gasteiger partial charge on any atom is -0.313 e. The van der Waals surface area contributed by atoms with Crippen LogP contribution in [0, 0.1) is 11.7 Å². The molecular weight excluding hydrogens is 249 g/mol. The number of halogens is 2. The number of rotatable bonds is 4. The molecule has 1 aromatic rings. The summed E-state index contributed by atoms with van der Waals surface area (Å²) >= 11 is 5.93. The molecule has 2 saturated carbocycles. The molecule has 2 unspecified atom stereocenters. The van der Waals surface area contributed by atoms with Crippen LogP contribution in [0.25, 0.3) is 0 Å². The molecule has 18 heavy (non-hydrogen) atoms. The van der Waals surface area contributed by atoms with Crippen LogP contribution in [0.4, 0.5) is 4.39 Å². The Morgan fingerprint density at radius 2 is 2.17 bits per heavy atom. The van der Waals surface area contributed by atoms with Crippen LogP contribution in [0.3, 0.4) is 0 Å². The number of benzene rings is 1. The summed E-state index contributed by atoms with van der Waals surface area (Å²) in [6.07, 6.45) is 4.77. The highest BCUT2D eigenvalue weighted by atomic mass is 35.5. The molecule has 2 atom stereocenters. The molecule has 0 radical (unpaired) electrons. The number of nitrogens with one attached hydrogen (secondary N) is 1. The second-order valence-electron chi connectivity index (χ2n) is 5.85. The molecule has 2 fully saturated rings. The maximum Gasteiger partial charge on any atom is 0.145 e. The van der Waals surface area contributed by atoms with Crippen molar-refractivity contribution in [2.24, 2.45) is 5.92 Å². The molecule has 1 N–H and O–H groups in total. The zero-order valence-electron chi connectivity index (χ0n) is 10.7. The molecule has 0 saturated heterocycles. The van der Waals surface area contributed by atoms with E-state index in [4.69, 9.17) is 11.6 Å². The molecule has 0 aliphatic heterocycles. The van der Waals surface area contributed by atoms with Crippen molar-refractivity contribution in [3.63, 3.8) is 0 Å². The van der Waals surface area contributed by atoms with Crippen molar-refractivity contribution >= 4 is 11.6 Å². The van der Waals surface area contributed by atoms with Gasteiger partial charge >= 0.3 is 0 Å². The van der Waals surface area contributed by atoms with Gasteiger partial charge in [0, 0.05) is 18.0 Å². The second kappa shape index (κ2) is 4.50. The van der Waals surface area contributed by atoms with Crippen LogP contribution in [-0.4, -0.2) is 12.6 Å². The zero-order chi connectivity index (χ0) is 12.8. The third-order valence-electron chi connectivity index (χ3n) is 4.74. The van der Waals surface area contributed by atoms with Crippen LogP contribution in [0.15, 0.2) is 18.2 Å². The lowest BCUT2D eigenvalue weighted by atomic mass is 9.57. The van der Waals surface area contributed by atoms with Crippen molar-refractivity contribution in [1.29, 1.82) is 0 Å². The molecule has 1 aromatic carbocycles. The molecule has 0 bridgehead atoms. The summed E-state index contributed by atoms with van der Waals surface area (Å²) < 4.78 is 14.3. The molecule has 0 amide bonds. The van der Waals surface area contributed by atoms with E-state index in [9.17, 15) is 4.39 Å². The monoisotopic (exact) mass is 267 g/mol. The number of hydrogen-bond donors (Lipinski definition) is 1. The Hall–Kier alpha value is -0.600. The molecule has 0 spiro atoms. The lowest BCUT2D eigenvalue weighted by molar-refractivity contribution is 0.129. The van der Waals surface area contributed by atoms with Gasteiger partial charge in [0.25, 0.3) is 0 Å². The van der Waals surface area contributed by atoms with Gasteiger partial charge in [-0.25, -0.2) is 4.39 Å². The van der Waals surface area contributed by atoms with E-state index in [2.05, 4.69) is 12.2 Å². The van der Waals surface area contributed by atoms with Crippen molar-refractivity contribution < 1.29 is 4.39 Å². The Balaban J connectivity index is 1.90. The maximum absolute atomic E-state index is 14.3. The minimum absolute atomic E-state index is 0.0441. The first-order chi connectivity index (χ1) is 8.63. The summed E-state index contributed by atoms with van der Waals surface area (Å²) in [4.78, 5) is 0. The largest absolute Gasteiger partial charge is 0.313 e. The quantitative estimate of drug-likeness (QED) is 0.872. The molecule has 2 aliphatic carbocycles. The zero-order valence-corrected chi connectivity index (χ0v) is 11.4. The molecule has 98 valence electrons. The van der Waals surface area contributed by atoms with Gasteiger partial charge in [0.1, 0.15) is 5.82 Å². The van der Waals surface area contributed by atoms with E-state index in [1.807, 2.05) is 12.1 Å². The Morgan fingerprint density at radius 1 is 1.39 bits per heavy atom. The smallest absolute Gasteiger partial charge is 0.145 e. The maximum atomic E-state index is 14.3. The van der Waals surface area contributed by atoms with Crippen molar-refractivity contribution in [1.82, 2.24) is 5.32 Å². The Morgan fingerprint density at radius 3 is 2.72 bits per heavy atom. The fourth-order valence-corrected chi connectivity index (χ4v) is 3.22. The lowest BCUT2D eigenvalue weighted by Gasteiger charge is -2.49. The average molecular weight is 268 g/mol. The molecule has 2 aliphatic rings. The Labute approximate surface area is 113 Å². The SMILES string of the molecule is CC1CCC1(CNC1CC1)c1cccc(Cl)c1F. The van der Waals surface area contributed by atoms with Gasteiger partial charge in [0.2, 0.25) is 0 Å². The van der Waals surface area contributed by atoms with Crippen molar-refractivity contribution in [2.45, 2.75) is 44.1 Å². The minimum atomic E-state index is -0.219. The predicted molar refractivity (Wildman–Crippen MR) is 72.5 cm³/mol. The first-order valence-corrected chi connectivity index (χ1v) is 7.19. The van der Waals surface area contributed by atoms with Crippen LogP contribution in [0.2, 0.25) is 5.02 Å². The van der Waals surface area contributed by atoms with Gasteiger partial charge in [-0.05, 0) is 43.2 Å². The summed E-state index contributed by atoms with van der Waals surface area (Å²) in [6, 6.07) is 6.07. The standard InChI is InChI=1S/C15H19ClFN/c1-10-7-8-15(10,9-18-11-5-6-11)12-3-2-4-13(16)14(12)17/h2-4,10-11,18H,5-9H2,1H3. The van der Waals surface area contributed by atoms with Crippen LogP contribution in [0.5, 0.6) is 0 Å². The van der Waals surface area contributed by atoms with Gasteiger partial charge < -0.3 is 5.32 Å². The third kappa shape index (κ3) is 1.96. The van der Waals surface area contributed by atoms with Crippen LogP contribution < -0.4 is 5.32 Å². The first kappa shape index (κ1) is 12.4. The lowest BCUT2D eigenvalue weighted by Crippen LogP contribution is -2.51. The van der Waals surface area contributed by atoms with E-state index in [0.29, 0.717) is 12.0 Å². The molecule has 3 rings (SSSR count). The van der Waals surface area contributed by atoms with Crippen molar-refractivity contribution in [3.8, 4) is 0 Å². The Kier molecular flexibility index (Phi) is 3.11. The van der Waals surface area contributed by atoms with E-state index in [1.54, 1.807) is 6.07 Å². The van der Waals surface area contributed by atoms with E-state index in [0.717, 1.165) is 18.5 Å². The van der Waals surface area contributed by atoms with Gasteiger partial charge in [-0.3, -0.25) is 0 Å². The van der Waals surface area contributed by atoms with Gasteiger partial charge in [-0.15, -0.1) is 0 Å². The summed E-state index contributed by atoms with van der Waals surface area (Å²) in [6.45, 7) is 3.11. The van der Waals surface area contributed by atoms with E-state index < -0.39 is 0 Å². The fourth-order valence-electron chi connectivity index (χ4n) is 3.04. The van der Waals surface area contributed by atoms with Gasteiger partial charge in [0.05, 0.1) is 5.02 Å². The highest BCUT2D eigenvalue weighted by Crippen LogP contribution is 2.50. The number of hydrogen-bond acceptors (Lipinski definition) is 1. The summed E-state index contributed by atoms with van der Waals surface area (Å²) in [5, 5.41) is 3.81. The third-order valence-corrected chi connectivity index (χ3v) is 5.03. The van der Waals surface area contributed by atoms with E-state index >= 15 is 0 Å². The fraction of sp³-hybridized carbons (Fsp3) is 0.600. The average Bonchev–Trinajstić information content (AvgIpc) is 3.17. The molecule has 1 nitrogen and oxygen atoms in total. The molecular formula is C15H19ClFN. The summed E-state index contributed by atoms with van der Waals surface area (Å²) in [5.41, 5.74) is 0.763. The summed E-state index contributed by atoms with van der Waals surface area (Å²) in [7, 11) is 0. The van der Waals surface area contributed by atoms with E-state index in [-0.39, 0.29) is 16.3 Å². The van der Waals surface area contributed by atoms with Gasteiger partial charge in [0.15, 0.2) is 0 Å². The van der Waals surface area contributed by atoms with Crippen LogP contribution in [0.1, 0.15) is 38.2 Å². The van der Waals surface area contributed by atoms with Gasteiger partial charge in [-0.1, -0.05) is 30.7 Å². The van der Waals surface area contributed by atoms with E-state index in [1.165, 1.54) is 19.3 Å². The topological polar surface area (TPSA) is 12.0 Å². The predicted octanol–water partition coefficient (Wildman–Crippen LogP) is 3.90. The van der Waals surface area contributed by atoms with Crippen molar-refractivity contribution in [3.05, 3.63) is 34.6 Å². The highest BCUT2D eigenvalue weighted by Gasteiger charge is 2.47. The summed E-state index contributed by atoms with van der Waals surface area (Å²) in [5.74, 6) is 0.306. The Bertz CT molecular complexity index is 458. The molecule has 3 heteroatoms. The first-order valence-electron chi connectivity index (χ1n) is 6.81. The van der Waals surface area contributed by atoms with Gasteiger partial charge in [-0.2, -0.15) is 0 Å². The van der Waals surface area contributed by atoms with Crippen LogP contribution in [-0.2, 0) is 5.41 Å². The van der Waals surface area contributed by atoms with Crippen molar-refractivity contribution in [2.75, 3.05) is 6.54 Å².